The van der Waals surface area contributed by atoms with E-state index < -0.39 is 12.1 Å². The fourth-order valence-corrected chi connectivity index (χ4v) is 4.67. The molecule has 0 fully saturated rings. The number of ether oxygens (including phenoxy) is 4. The van der Waals surface area contributed by atoms with Crippen molar-refractivity contribution < 1.29 is 23.7 Å². The van der Waals surface area contributed by atoms with E-state index in [-0.39, 0.29) is 18.1 Å². The van der Waals surface area contributed by atoms with Crippen molar-refractivity contribution in [3.8, 4) is 28.6 Å². The van der Waals surface area contributed by atoms with E-state index >= 15 is 0 Å². The number of aromatic nitrogens is 2. The van der Waals surface area contributed by atoms with Gasteiger partial charge in [-0.25, -0.2) is 9.78 Å². The van der Waals surface area contributed by atoms with E-state index in [0.717, 1.165) is 22.4 Å². The zero-order valence-electron chi connectivity index (χ0n) is 25.8. The maximum absolute atomic E-state index is 13.8. The Bertz CT molecular complexity index is 1690. The number of aryl methyl sites for hydroxylation is 1. The Balaban J connectivity index is 1.82. The maximum Gasteiger partial charge on any atom is 0.347 e. The molecule has 0 bridgehead atoms. The average Bonchev–Trinajstić information content (AvgIpc) is 2.98. The minimum absolute atomic E-state index is 0.189. The highest BCUT2D eigenvalue weighted by molar-refractivity contribution is 5.83. The lowest BCUT2D eigenvalue weighted by atomic mass is 9.96. The number of fused-ring (bicyclic) bond motifs is 1. The van der Waals surface area contributed by atoms with Crippen molar-refractivity contribution in [2.75, 3.05) is 19.8 Å². The number of carbonyl (C=O) groups is 1. The third-order valence-corrected chi connectivity index (χ3v) is 6.79. The molecule has 226 valence electrons. The maximum atomic E-state index is 13.8. The summed E-state index contributed by atoms with van der Waals surface area (Å²) in [6, 6.07) is 16.5. The first kappa shape index (κ1) is 31.3. The van der Waals surface area contributed by atoms with Crippen molar-refractivity contribution in [2.24, 2.45) is 5.10 Å². The smallest absolute Gasteiger partial charge is 0.347 e. The van der Waals surface area contributed by atoms with E-state index in [4.69, 9.17) is 23.9 Å². The van der Waals surface area contributed by atoms with Crippen LogP contribution in [-0.4, -0.2) is 47.8 Å². The second-order valence-electron chi connectivity index (χ2n) is 10.3. The van der Waals surface area contributed by atoms with E-state index in [0.29, 0.717) is 47.0 Å². The summed E-state index contributed by atoms with van der Waals surface area (Å²) in [5, 5.41) is 5.10. The molecule has 0 unspecified atom stereocenters. The van der Waals surface area contributed by atoms with Gasteiger partial charge in [0.15, 0.2) is 23.4 Å². The molecule has 0 amide bonds. The van der Waals surface area contributed by atoms with Crippen LogP contribution in [0.15, 0.2) is 64.5 Å². The molecule has 9 nitrogen and oxygen atoms in total. The molecule has 4 rings (SSSR count). The van der Waals surface area contributed by atoms with Gasteiger partial charge in [-0.15, -0.1) is 0 Å². The average molecular weight is 586 g/mol. The highest BCUT2D eigenvalue weighted by Gasteiger charge is 2.20. The number of nitrogens with zero attached hydrogens (tertiary/aromatic N) is 3. The Hall–Kier alpha value is -4.66. The monoisotopic (exact) mass is 585 g/mol. The fraction of sp³-hybridized carbons (Fsp3) is 0.353. The largest absolute Gasteiger partial charge is 0.494 e. The van der Waals surface area contributed by atoms with Gasteiger partial charge in [-0.05, 0) is 99.7 Å². The SMILES string of the molecule is CCOC(=O)[C@H](C)Oc1ccc(C=Nn2c(-c3cc(C(C)C)c(OCC)cc3C)nc3ccccc3c2=O)cc1OCC. The summed E-state index contributed by atoms with van der Waals surface area (Å²) in [7, 11) is 0. The lowest BCUT2D eigenvalue weighted by Gasteiger charge is -2.18. The molecule has 0 saturated heterocycles. The van der Waals surface area contributed by atoms with Gasteiger partial charge < -0.3 is 18.9 Å². The van der Waals surface area contributed by atoms with Crippen molar-refractivity contribution in [1.82, 2.24) is 9.66 Å². The van der Waals surface area contributed by atoms with Gasteiger partial charge in [-0.2, -0.15) is 9.78 Å². The topological polar surface area (TPSA) is 101 Å². The number of hydrogen-bond acceptors (Lipinski definition) is 8. The first-order chi connectivity index (χ1) is 20.7. The molecule has 1 atom stereocenters. The Labute approximate surface area is 252 Å². The number of rotatable bonds is 12. The van der Waals surface area contributed by atoms with Crippen LogP contribution in [0.5, 0.6) is 17.2 Å². The summed E-state index contributed by atoms with van der Waals surface area (Å²) in [5.74, 6) is 1.81. The van der Waals surface area contributed by atoms with Gasteiger partial charge in [-0.3, -0.25) is 4.79 Å². The Morgan fingerprint density at radius 3 is 2.35 bits per heavy atom. The molecule has 43 heavy (non-hydrogen) atoms. The Kier molecular flexibility index (Phi) is 10.2. The summed E-state index contributed by atoms with van der Waals surface area (Å²) in [4.78, 5) is 30.8. The van der Waals surface area contributed by atoms with Gasteiger partial charge in [0, 0.05) is 5.56 Å². The van der Waals surface area contributed by atoms with Crippen LogP contribution in [0.2, 0.25) is 0 Å². The molecule has 1 heterocycles. The van der Waals surface area contributed by atoms with Crippen molar-refractivity contribution in [3.63, 3.8) is 0 Å². The normalized spacial score (nSPS) is 12.1. The van der Waals surface area contributed by atoms with Crippen LogP contribution < -0.4 is 19.8 Å². The predicted octanol–water partition coefficient (Wildman–Crippen LogP) is 6.51. The molecular weight excluding hydrogens is 546 g/mol. The summed E-state index contributed by atoms with van der Waals surface area (Å²) in [6.07, 6.45) is 0.770. The van der Waals surface area contributed by atoms with Crippen LogP contribution in [-0.2, 0) is 9.53 Å². The number of benzene rings is 3. The molecular formula is C34H39N3O6. The number of carbonyl (C=O) groups excluding carboxylic acids is 1. The van der Waals surface area contributed by atoms with Crippen molar-refractivity contribution >= 4 is 23.1 Å². The van der Waals surface area contributed by atoms with E-state index in [9.17, 15) is 9.59 Å². The highest BCUT2D eigenvalue weighted by atomic mass is 16.6. The molecule has 0 radical (unpaired) electrons. The van der Waals surface area contributed by atoms with Crippen LogP contribution in [0, 0.1) is 6.92 Å². The highest BCUT2D eigenvalue weighted by Crippen LogP contribution is 2.34. The lowest BCUT2D eigenvalue weighted by molar-refractivity contribution is -0.150. The first-order valence-corrected chi connectivity index (χ1v) is 14.6. The van der Waals surface area contributed by atoms with E-state index in [1.54, 1.807) is 44.3 Å². The standard InChI is InChI=1S/C34H39N3O6/c1-8-40-30-17-22(6)27(19-26(30)21(4)5)32-36-28-14-12-11-13-25(28)33(38)37(32)35-20-24-15-16-29(31(18-24)41-9-2)43-23(7)34(39)42-10-3/h11-21,23H,8-10H2,1-7H3/t23-/m0/s1. The molecule has 0 saturated carbocycles. The molecule has 1 aromatic heterocycles. The summed E-state index contributed by atoms with van der Waals surface area (Å²) >= 11 is 0. The molecule has 0 N–H and O–H groups in total. The van der Waals surface area contributed by atoms with Gasteiger partial charge in [-0.1, -0.05) is 26.0 Å². The number of esters is 1. The van der Waals surface area contributed by atoms with Crippen molar-refractivity contribution in [1.29, 1.82) is 0 Å². The second-order valence-corrected chi connectivity index (χ2v) is 10.3. The number of hydrogen-bond donors (Lipinski definition) is 0. The van der Waals surface area contributed by atoms with Crippen LogP contribution in [0.25, 0.3) is 22.3 Å². The third kappa shape index (κ3) is 7.05. The molecule has 3 aromatic carbocycles. The quantitative estimate of drug-likeness (QED) is 0.138. The van der Waals surface area contributed by atoms with Crippen LogP contribution in [0.1, 0.15) is 64.2 Å². The minimum Gasteiger partial charge on any atom is -0.494 e. The van der Waals surface area contributed by atoms with Crippen LogP contribution in [0.3, 0.4) is 0 Å². The van der Waals surface area contributed by atoms with Crippen LogP contribution >= 0.6 is 0 Å². The second kappa shape index (κ2) is 14.0. The van der Waals surface area contributed by atoms with Crippen molar-refractivity contribution in [3.05, 3.63) is 81.6 Å². The zero-order valence-corrected chi connectivity index (χ0v) is 25.8. The van der Waals surface area contributed by atoms with Gasteiger partial charge in [0.2, 0.25) is 0 Å². The van der Waals surface area contributed by atoms with Gasteiger partial charge in [0.05, 0.1) is 36.9 Å². The minimum atomic E-state index is -0.809. The summed E-state index contributed by atoms with van der Waals surface area (Å²) in [5.41, 5.74) is 3.69. The summed E-state index contributed by atoms with van der Waals surface area (Å²) in [6.45, 7) is 14.6. The molecule has 9 heteroatoms. The fourth-order valence-electron chi connectivity index (χ4n) is 4.67. The molecule has 0 aliphatic rings. The molecule has 4 aromatic rings. The predicted molar refractivity (Wildman–Crippen MR) is 169 cm³/mol. The molecule has 0 aliphatic carbocycles. The van der Waals surface area contributed by atoms with Gasteiger partial charge >= 0.3 is 5.97 Å². The van der Waals surface area contributed by atoms with Gasteiger partial charge in [0.1, 0.15) is 5.75 Å². The Morgan fingerprint density at radius 1 is 0.930 bits per heavy atom. The van der Waals surface area contributed by atoms with E-state index in [2.05, 4.69) is 18.9 Å². The van der Waals surface area contributed by atoms with E-state index in [1.807, 2.05) is 51.1 Å². The Morgan fingerprint density at radius 2 is 1.65 bits per heavy atom. The first-order valence-electron chi connectivity index (χ1n) is 14.6. The summed E-state index contributed by atoms with van der Waals surface area (Å²) < 4.78 is 23.9. The molecule has 0 spiro atoms. The van der Waals surface area contributed by atoms with Crippen LogP contribution in [0.4, 0.5) is 0 Å². The third-order valence-electron chi connectivity index (χ3n) is 6.79. The molecule has 0 aliphatic heterocycles. The van der Waals surface area contributed by atoms with E-state index in [1.165, 1.54) is 4.68 Å². The zero-order chi connectivity index (χ0) is 31.1. The van der Waals surface area contributed by atoms with Crippen molar-refractivity contribution in [2.45, 2.75) is 60.5 Å². The number of para-hydroxylation sites is 1. The van der Waals surface area contributed by atoms with Gasteiger partial charge in [0.25, 0.3) is 5.56 Å². The lowest BCUT2D eigenvalue weighted by Crippen LogP contribution is -2.26.